The number of rotatable bonds is 4. The van der Waals surface area contributed by atoms with Crippen LogP contribution < -0.4 is 16.4 Å². The molecule has 0 aliphatic carbocycles. The van der Waals surface area contributed by atoms with Crippen LogP contribution in [0.15, 0.2) is 18.3 Å². The Hall–Kier alpha value is -1.66. The fourth-order valence-corrected chi connectivity index (χ4v) is 2.36. The third kappa shape index (κ3) is 3.02. The standard InChI is InChI=1S/C13H21N5O/c1-10(9-14)17-5-7-18(8-6-17)13-11(12(15)19)3-2-4-16-13/h2-4,10H,5-9,14H2,1H3,(H2,15,19). The quantitative estimate of drug-likeness (QED) is 0.775. The van der Waals surface area contributed by atoms with Crippen molar-refractivity contribution in [3.8, 4) is 0 Å². The van der Waals surface area contributed by atoms with Gasteiger partial charge in [0.2, 0.25) is 0 Å². The van der Waals surface area contributed by atoms with Crippen molar-refractivity contribution in [3.63, 3.8) is 0 Å². The summed E-state index contributed by atoms with van der Waals surface area (Å²) in [6, 6.07) is 3.84. The molecule has 1 aromatic heterocycles. The number of nitrogens with zero attached hydrogens (tertiary/aromatic N) is 3. The second kappa shape index (κ2) is 5.99. The molecule has 1 atom stereocenters. The Bertz CT molecular complexity index is 442. The Balaban J connectivity index is 2.08. The third-order valence-electron chi connectivity index (χ3n) is 3.63. The summed E-state index contributed by atoms with van der Waals surface area (Å²) in [6.45, 7) is 6.31. The lowest BCUT2D eigenvalue weighted by Gasteiger charge is -2.38. The normalized spacial score (nSPS) is 18.3. The van der Waals surface area contributed by atoms with Gasteiger partial charge in [0.15, 0.2) is 0 Å². The van der Waals surface area contributed by atoms with Crippen LogP contribution in [0.25, 0.3) is 0 Å². The zero-order chi connectivity index (χ0) is 13.8. The maximum atomic E-state index is 11.4. The molecule has 0 bridgehead atoms. The number of carbonyl (C=O) groups is 1. The number of hydrogen-bond donors (Lipinski definition) is 2. The number of anilines is 1. The molecule has 2 rings (SSSR count). The summed E-state index contributed by atoms with van der Waals surface area (Å²) >= 11 is 0. The van der Waals surface area contributed by atoms with Crippen molar-refractivity contribution in [3.05, 3.63) is 23.9 Å². The van der Waals surface area contributed by atoms with Crippen molar-refractivity contribution in [2.24, 2.45) is 11.5 Å². The molecule has 2 heterocycles. The van der Waals surface area contributed by atoms with Gasteiger partial charge in [0.25, 0.3) is 5.91 Å². The SMILES string of the molecule is CC(CN)N1CCN(c2ncccc2C(N)=O)CC1. The number of aromatic nitrogens is 1. The largest absolute Gasteiger partial charge is 0.365 e. The van der Waals surface area contributed by atoms with E-state index < -0.39 is 5.91 Å². The van der Waals surface area contributed by atoms with Gasteiger partial charge in [0.05, 0.1) is 5.56 Å². The number of hydrogen-bond acceptors (Lipinski definition) is 5. The molecule has 19 heavy (non-hydrogen) atoms. The van der Waals surface area contributed by atoms with E-state index in [-0.39, 0.29) is 0 Å². The van der Waals surface area contributed by atoms with Crippen molar-refractivity contribution in [1.29, 1.82) is 0 Å². The monoisotopic (exact) mass is 263 g/mol. The van der Waals surface area contributed by atoms with E-state index in [0.717, 1.165) is 26.2 Å². The van der Waals surface area contributed by atoms with Gasteiger partial charge in [0, 0.05) is 45.0 Å². The highest BCUT2D eigenvalue weighted by Crippen LogP contribution is 2.19. The minimum Gasteiger partial charge on any atom is -0.365 e. The van der Waals surface area contributed by atoms with Crippen LogP contribution in [-0.4, -0.2) is 54.6 Å². The first-order chi connectivity index (χ1) is 9.13. The average molecular weight is 263 g/mol. The maximum absolute atomic E-state index is 11.4. The summed E-state index contributed by atoms with van der Waals surface area (Å²) in [6.07, 6.45) is 1.69. The van der Waals surface area contributed by atoms with Crippen LogP contribution in [0.3, 0.4) is 0 Å². The van der Waals surface area contributed by atoms with E-state index >= 15 is 0 Å². The van der Waals surface area contributed by atoms with Crippen molar-refractivity contribution < 1.29 is 4.79 Å². The highest BCUT2D eigenvalue weighted by molar-refractivity contribution is 5.97. The fourth-order valence-electron chi connectivity index (χ4n) is 2.36. The molecule has 6 nitrogen and oxygen atoms in total. The van der Waals surface area contributed by atoms with Crippen molar-refractivity contribution >= 4 is 11.7 Å². The molecule has 0 saturated carbocycles. The Labute approximate surface area is 113 Å². The van der Waals surface area contributed by atoms with Gasteiger partial charge in [-0.05, 0) is 19.1 Å². The Morgan fingerprint density at radius 1 is 1.42 bits per heavy atom. The summed E-state index contributed by atoms with van der Waals surface area (Å²) in [5.41, 5.74) is 11.6. The molecular formula is C13H21N5O. The summed E-state index contributed by atoms with van der Waals surface area (Å²) in [5.74, 6) is 0.260. The highest BCUT2D eigenvalue weighted by atomic mass is 16.1. The fraction of sp³-hybridized carbons (Fsp3) is 0.538. The van der Waals surface area contributed by atoms with E-state index in [2.05, 4.69) is 21.7 Å². The lowest BCUT2D eigenvalue weighted by Crippen LogP contribution is -2.52. The van der Waals surface area contributed by atoms with Gasteiger partial charge in [-0.2, -0.15) is 0 Å². The van der Waals surface area contributed by atoms with Crippen LogP contribution >= 0.6 is 0 Å². The first-order valence-corrected chi connectivity index (χ1v) is 6.57. The van der Waals surface area contributed by atoms with Gasteiger partial charge in [-0.15, -0.1) is 0 Å². The first kappa shape index (κ1) is 13.8. The van der Waals surface area contributed by atoms with E-state index in [4.69, 9.17) is 11.5 Å². The van der Waals surface area contributed by atoms with E-state index in [9.17, 15) is 4.79 Å². The molecule has 1 unspecified atom stereocenters. The van der Waals surface area contributed by atoms with Crippen LogP contribution in [0, 0.1) is 0 Å². The van der Waals surface area contributed by atoms with E-state index in [0.29, 0.717) is 24.0 Å². The Morgan fingerprint density at radius 2 is 2.11 bits per heavy atom. The molecule has 1 saturated heterocycles. The lowest BCUT2D eigenvalue weighted by atomic mass is 10.2. The number of amides is 1. The van der Waals surface area contributed by atoms with Crippen LogP contribution in [-0.2, 0) is 0 Å². The van der Waals surface area contributed by atoms with Gasteiger partial charge in [-0.25, -0.2) is 4.98 Å². The maximum Gasteiger partial charge on any atom is 0.252 e. The van der Waals surface area contributed by atoms with Crippen LogP contribution in [0.2, 0.25) is 0 Å². The topological polar surface area (TPSA) is 88.5 Å². The predicted octanol–water partition coefficient (Wildman–Crippen LogP) is -0.350. The number of nitrogens with two attached hydrogens (primary N) is 2. The molecule has 4 N–H and O–H groups in total. The third-order valence-corrected chi connectivity index (χ3v) is 3.63. The summed E-state index contributed by atoms with van der Waals surface area (Å²) in [7, 11) is 0. The lowest BCUT2D eigenvalue weighted by molar-refractivity contribution is 0.1000. The summed E-state index contributed by atoms with van der Waals surface area (Å²) in [4.78, 5) is 20.2. The zero-order valence-electron chi connectivity index (χ0n) is 11.2. The van der Waals surface area contributed by atoms with Gasteiger partial charge >= 0.3 is 0 Å². The molecule has 1 aliphatic heterocycles. The van der Waals surface area contributed by atoms with Crippen LogP contribution in [0.1, 0.15) is 17.3 Å². The average Bonchev–Trinajstić information content (AvgIpc) is 2.46. The van der Waals surface area contributed by atoms with E-state index in [1.807, 2.05) is 0 Å². The Morgan fingerprint density at radius 3 is 2.68 bits per heavy atom. The van der Waals surface area contributed by atoms with Gasteiger partial charge in [0.1, 0.15) is 5.82 Å². The molecule has 0 spiro atoms. The minimum absolute atomic E-state index is 0.390. The second-order valence-electron chi connectivity index (χ2n) is 4.85. The molecule has 0 radical (unpaired) electrons. The molecule has 6 heteroatoms. The predicted molar refractivity (Wildman–Crippen MR) is 75.1 cm³/mol. The summed E-state index contributed by atoms with van der Waals surface area (Å²) in [5, 5.41) is 0. The van der Waals surface area contributed by atoms with Crippen LogP contribution in [0.5, 0.6) is 0 Å². The molecule has 1 aliphatic rings. The molecule has 1 fully saturated rings. The highest BCUT2D eigenvalue weighted by Gasteiger charge is 2.23. The number of primary amides is 1. The van der Waals surface area contributed by atoms with Crippen molar-refractivity contribution in [1.82, 2.24) is 9.88 Å². The zero-order valence-corrected chi connectivity index (χ0v) is 11.2. The molecule has 1 amide bonds. The van der Waals surface area contributed by atoms with Crippen LogP contribution in [0.4, 0.5) is 5.82 Å². The number of carbonyl (C=O) groups excluding carboxylic acids is 1. The smallest absolute Gasteiger partial charge is 0.252 e. The van der Waals surface area contributed by atoms with Crippen molar-refractivity contribution in [2.75, 3.05) is 37.6 Å². The number of pyridine rings is 1. The van der Waals surface area contributed by atoms with Gasteiger partial charge in [-0.3, -0.25) is 9.69 Å². The number of piperazine rings is 1. The van der Waals surface area contributed by atoms with Gasteiger partial charge in [-0.1, -0.05) is 0 Å². The van der Waals surface area contributed by atoms with E-state index in [1.54, 1.807) is 18.3 Å². The Kier molecular flexibility index (Phi) is 4.34. The molecule has 1 aromatic rings. The minimum atomic E-state index is -0.430. The molecular weight excluding hydrogens is 242 g/mol. The summed E-state index contributed by atoms with van der Waals surface area (Å²) < 4.78 is 0. The second-order valence-corrected chi connectivity index (χ2v) is 4.85. The molecule has 104 valence electrons. The van der Waals surface area contributed by atoms with Gasteiger partial charge < -0.3 is 16.4 Å². The van der Waals surface area contributed by atoms with Crippen molar-refractivity contribution in [2.45, 2.75) is 13.0 Å². The van der Waals surface area contributed by atoms with E-state index in [1.165, 1.54) is 0 Å². The molecule has 0 aromatic carbocycles. The first-order valence-electron chi connectivity index (χ1n) is 6.57.